The van der Waals surface area contributed by atoms with Crippen LogP contribution < -0.4 is 5.09 Å². The van der Waals surface area contributed by atoms with Crippen LogP contribution >= 0.6 is 9.39 Å². The minimum absolute atomic E-state index is 0.0480. The average molecular weight is 430 g/mol. The molecular formula is C17H21F2N4O3PS. The smallest absolute Gasteiger partial charge is 0.250 e. The summed E-state index contributed by atoms with van der Waals surface area (Å²) in [6, 6.07) is 3.20. The van der Waals surface area contributed by atoms with Crippen LogP contribution in [0.3, 0.4) is 0 Å². The zero-order valence-electron chi connectivity index (χ0n) is 15.2. The van der Waals surface area contributed by atoms with Crippen molar-refractivity contribution in [3.63, 3.8) is 0 Å². The number of aromatic nitrogens is 2. The summed E-state index contributed by atoms with van der Waals surface area (Å²) in [5.41, 5.74) is 1.81. The minimum Gasteiger partial charge on any atom is -0.370 e. The summed E-state index contributed by atoms with van der Waals surface area (Å²) in [5.74, 6) is -0.997. The maximum absolute atomic E-state index is 14.2. The number of rotatable bonds is 4. The fourth-order valence-electron chi connectivity index (χ4n) is 3.85. The molecule has 1 N–H and O–H groups in total. The topological polar surface area (TPSA) is 76.5 Å². The van der Waals surface area contributed by atoms with E-state index < -0.39 is 27.8 Å². The second-order valence-corrected chi connectivity index (χ2v) is 9.40. The van der Waals surface area contributed by atoms with Gasteiger partial charge in [0.25, 0.3) is 10.0 Å². The highest BCUT2D eigenvalue weighted by molar-refractivity contribution is 7.89. The van der Waals surface area contributed by atoms with E-state index in [9.17, 15) is 17.2 Å². The lowest BCUT2D eigenvalue weighted by Gasteiger charge is -2.40. The van der Waals surface area contributed by atoms with Gasteiger partial charge in [-0.25, -0.2) is 17.2 Å². The fourth-order valence-corrected chi connectivity index (χ4v) is 4.72. The lowest BCUT2D eigenvalue weighted by atomic mass is 9.93. The van der Waals surface area contributed by atoms with Gasteiger partial charge >= 0.3 is 0 Å². The zero-order chi connectivity index (χ0) is 20.1. The first-order chi connectivity index (χ1) is 13.3. The maximum Gasteiger partial charge on any atom is 0.250 e. The van der Waals surface area contributed by atoms with Crippen LogP contribution in [0.5, 0.6) is 0 Å². The highest BCUT2D eigenvalue weighted by atomic mass is 32.2. The van der Waals surface area contributed by atoms with Crippen LogP contribution in [0.2, 0.25) is 0 Å². The molecule has 1 aromatic heterocycles. The number of fused-ring (bicyclic) bond motifs is 1. The Morgan fingerprint density at radius 1 is 1.32 bits per heavy atom. The Kier molecular flexibility index (Phi) is 5.26. The number of halogens is 2. The molecule has 1 saturated heterocycles. The third-order valence-corrected chi connectivity index (χ3v) is 6.57. The predicted molar refractivity (Wildman–Crippen MR) is 102 cm³/mol. The van der Waals surface area contributed by atoms with E-state index in [-0.39, 0.29) is 17.6 Å². The van der Waals surface area contributed by atoms with Crippen molar-refractivity contribution in [3.05, 3.63) is 52.9 Å². The molecule has 4 atom stereocenters. The summed E-state index contributed by atoms with van der Waals surface area (Å²) in [6.45, 7) is 1.45. The van der Waals surface area contributed by atoms with Crippen LogP contribution in [0.15, 0.2) is 24.4 Å². The first-order valence-corrected chi connectivity index (χ1v) is 11.2. The molecule has 0 bridgehead atoms. The molecule has 28 heavy (non-hydrogen) atoms. The van der Waals surface area contributed by atoms with E-state index in [2.05, 4.69) is 24.5 Å². The molecule has 4 rings (SSSR count). The number of nitrogens with one attached hydrogen (secondary N) is 1. The minimum atomic E-state index is -3.40. The van der Waals surface area contributed by atoms with Gasteiger partial charge in [-0.3, -0.25) is 9.99 Å². The van der Waals surface area contributed by atoms with E-state index in [0.717, 1.165) is 33.7 Å². The second-order valence-electron chi connectivity index (χ2n) is 7.22. The van der Waals surface area contributed by atoms with E-state index in [4.69, 9.17) is 4.74 Å². The van der Waals surface area contributed by atoms with Gasteiger partial charge in [0.15, 0.2) is 0 Å². The van der Waals surface area contributed by atoms with Crippen molar-refractivity contribution >= 4 is 19.4 Å². The van der Waals surface area contributed by atoms with Crippen molar-refractivity contribution in [2.24, 2.45) is 0 Å². The van der Waals surface area contributed by atoms with Crippen LogP contribution in [0.1, 0.15) is 29.3 Å². The molecule has 7 nitrogen and oxygen atoms in total. The summed E-state index contributed by atoms with van der Waals surface area (Å²) in [7, 11) is -0.976. The molecule has 3 heterocycles. The Hall–Kier alpha value is -1.45. The molecular weight excluding hydrogens is 409 g/mol. The van der Waals surface area contributed by atoms with Crippen LogP contribution in [0.25, 0.3) is 0 Å². The Morgan fingerprint density at radius 3 is 2.79 bits per heavy atom. The monoisotopic (exact) mass is 430 g/mol. The molecule has 11 heteroatoms. The average Bonchev–Trinajstić information content (AvgIpc) is 3.22. The van der Waals surface area contributed by atoms with E-state index in [0.29, 0.717) is 26.1 Å². The van der Waals surface area contributed by atoms with E-state index in [1.807, 2.05) is 0 Å². The van der Waals surface area contributed by atoms with Crippen molar-refractivity contribution in [1.82, 2.24) is 19.2 Å². The quantitative estimate of drug-likeness (QED) is 0.743. The third-order valence-electron chi connectivity index (χ3n) is 5.28. The highest BCUT2D eigenvalue weighted by Gasteiger charge is 2.38. The van der Waals surface area contributed by atoms with Gasteiger partial charge in [-0.05, 0) is 24.6 Å². The Bertz CT molecular complexity index is 977. The largest absolute Gasteiger partial charge is 0.370 e. The van der Waals surface area contributed by atoms with Gasteiger partial charge in [-0.2, -0.15) is 9.19 Å². The molecule has 1 aromatic carbocycles. The summed E-state index contributed by atoms with van der Waals surface area (Å²) in [6.07, 6.45) is 2.73. The van der Waals surface area contributed by atoms with Crippen molar-refractivity contribution in [1.29, 1.82) is 0 Å². The number of hydrogen-bond acceptors (Lipinski definition) is 6. The van der Waals surface area contributed by atoms with Crippen molar-refractivity contribution in [2.45, 2.75) is 37.7 Å². The molecule has 2 aliphatic heterocycles. The number of nitrogens with zero attached hydrogens (tertiary/aromatic N) is 3. The van der Waals surface area contributed by atoms with E-state index in [1.54, 1.807) is 6.20 Å². The maximum atomic E-state index is 14.2. The summed E-state index contributed by atoms with van der Waals surface area (Å²) in [4.78, 5) is 2.16. The van der Waals surface area contributed by atoms with Gasteiger partial charge < -0.3 is 4.74 Å². The fraction of sp³-hybridized carbons (Fsp3) is 0.471. The van der Waals surface area contributed by atoms with Crippen LogP contribution in [-0.2, 0) is 27.8 Å². The third kappa shape index (κ3) is 3.71. The molecule has 0 radical (unpaired) electrons. The Labute approximate surface area is 164 Å². The van der Waals surface area contributed by atoms with Gasteiger partial charge in [-0.1, -0.05) is 9.39 Å². The number of benzene rings is 1. The van der Waals surface area contributed by atoms with E-state index >= 15 is 0 Å². The molecule has 2 aliphatic rings. The molecule has 152 valence electrons. The van der Waals surface area contributed by atoms with Crippen LogP contribution in [0.4, 0.5) is 8.78 Å². The zero-order valence-corrected chi connectivity index (χ0v) is 17.1. The van der Waals surface area contributed by atoms with Gasteiger partial charge in [0.05, 0.1) is 18.6 Å². The molecule has 1 fully saturated rings. The van der Waals surface area contributed by atoms with Gasteiger partial charge in [-0.15, -0.1) is 0 Å². The first-order valence-electron chi connectivity index (χ1n) is 8.81. The van der Waals surface area contributed by atoms with E-state index in [1.165, 1.54) is 6.07 Å². The normalized spacial score (nSPS) is 25.8. The Morgan fingerprint density at radius 2 is 2.11 bits per heavy atom. The Balaban J connectivity index is 1.47. The molecule has 1 unspecified atom stereocenters. The van der Waals surface area contributed by atoms with Crippen LogP contribution in [0, 0.1) is 11.6 Å². The van der Waals surface area contributed by atoms with Crippen molar-refractivity contribution < 1.29 is 21.9 Å². The summed E-state index contributed by atoms with van der Waals surface area (Å²) >= 11 is 0. The molecule has 0 aliphatic carbocycles. The predicted octanol–water partition coefficient (Wildman–Crippen LogP) is 1.56. The highest BCUT2D eigenvalue weighted by Crippen LogP contribution is 2.35. The van der Waals surface area contributed by atoms with Gasteiger partial charge in [0, 0.05) is 42.5 Å². The lowest BCUT2D eigenvalue weighted by molar-refractivity contribution is -0.0564. The molecule has 0 amide bonds. The first kappa shape index (κ1) is 19.8. The number of hydrogen-bond donors (Lipinski definition) is 1. The second kappa shape index (κ2) is 7.42. The SMILES string of the molecule is CS(=O)(=O)n1cc2c(n1)CN([C@H]1CO[C@H](c3cc(F)ccc3F)[C@@H](NP)C1)C2. The van der Waals surface area contributed by atoms with Crippen molar-refractivity contribution in [3.8, 4) is 0 Å². The summed E-state index contributed by atoms with van der Waals surface area (Å²) in [5, 5.41) is 7.24. The molecule has 2 aromatic rings. The number of ether oxygens (including phenoxy) is 1. The lowest BCUT2D eigenvalue weighted by Crippen LogP contribution is -2.47. The summed E-state index contributed by atoms with van der Waals surface area (Å²) < 4.78 is 58.0. The standard InChI is InChI=1S/C17H21F2N4O3PS/c1-28(24,25)23-7-10-6-22(8-16(10)20-23)12-5-15(21-27)17(26-9-12)13-4-11(18)2-3-14(13)19/h2-4,7,12,15,17,21H,5-6,8-9,27H2,1H3/t12-,15+,17-/m1/s1. The van der Waals surface area contributed by atoms with Crippen LogP contribution in [-0.4, -0.2) is 47.4 Å². The van der Waals surface area contributed by atoms with Gasteiger partial charge in [0.2, 0.25) is 0 Å². The molecule has 0 saturated carbocycles. The van der Waals surface area contributed by atoms with Gasteiger partial charge in [0.1, 0.15) is 17.7 Å². The molecule has 0 spiro atoms. The van der Waals surface area contributed by atoms with Crippen molar-refractivity contribution in [2.75, 3.05) is 12.9 Å².